The Hall–Kier alpha value is -5.35. The fraction of sp³-hybridized carbons (Fsp3) is 0.270. The molecule has 3 aromatic carbocycles. The van der Waals surface area contributed by atoms with Crippen LogP contribution in [0.2, 0.25) is 0 Å². The third-order valence-corrected chi connectivity index (χ3v) is 9.03. The highest BCUT2D eigenvalue weighted by molar-refractivity contribution is 6.11. The fourth-order valence-corrected chi connectivity index (χ4v) is 6.76. The number of nitrogens with zero attached hydrogens (tertiary/aromatic N) is 4. The van der Waals surface area contributed by atoms with Gasteiger partial charge in [0.15, 0.2) is 11.6 Å². The molecule has 238 valence electrons. The second kappa shape index (κ2) is 12.1. The van der Waals surface area contributed by atoms with Gasteiger partial charge in [0, 0.05) is 52.4 Å². The second-order valence-corrected chi connectivity index (χ2v) is 13.0. The third-order valence-electron chi connectivity index (χ3n) is 9.03. The maximum atomic E-state index is 14.4. The largest absolute Gasteiger partial charge is 0.381 e. The minimum absolute atomic E-state index is 0.0530. The molecule has 2 unspecified atom stereocenters. The van der Waals surface area contributed by atoms with Crippen LogP contribution in [0.4, 0.5) is 23.0 Å². The summed E-state index contributed by atoms with van der Waals surface area (Å²) >= 11 is 0. The highest BCUT2D eigenvalue weighted by Crippen LogP contribution is 2.38. The van der Waals surface area contributed by atoms with Gasteiger partial charge in [-0.15, -0.1) is 0 Å². The number of anilines is 4. The van der Waals surface area contributed by atoms with Gasteiger partial charge in [0.1, 0.15) is 11.7 Å². The van der Waals surface area contributed by atoms with E-state index in [4.69, 9.17) is 4.98 Å². The lowest BCUT2D eigenvalue weighted by Gasteiger charge is -2.41. The van der Waals surface area contributed by atoms with Crippen molar-refractivity contribution in [3.05, 3.63) is 118 Å². The normalized spacial score (nSPS) is 19.1. The van der Waals surface area contributed by atoms with Crippen LogP contribution in [0.1, 0.15) is 59.0 Å². The second-order valence-electron chi connectivity index (χ2n) is 13.0. The van der Waals surface area contributed by atoms with Crippen molar-refractivity contribution in [1.29, 1.82) is 0 Å². The van der Waals surface area contributed by atoms with Gasteiger partial charge >= 0.3 is 0 Å². The molecule has 47 heavy (non-hydrogen) atoms. The summed E-state index contributed by atoms with van der Waals surface area (Å²) in [6, 6.07) is 24.8. The number of likely N-dealkylation sites (tertiary alicyclic amines) is 1. The van der Waals surface area contributed by atoms with Crippen molar-refractivity contribution >= 4 is 45.6 Å². The van der Waals surface area contributed by atoms with Crippen molar-refractivity contribution in [1.82, 2.24) is 19.4 Å². The summed E-state index contributed by atoms with van der Waals surface area (Å²) in [5.74, 6) is -0.411. The molecule has 1 fully saturated rings. The molecule has 10 nitrogen and oxygen atoms in total. The molecule has 0 saturated carbocycles. The smallest absolute Gasteiger partial charge is 0.264 e. The first-order valence-corrected chi connectivity index (χ1v) is 15.9. The van der Waals surface area contributed by atoms with Gasteiger partial charge in [-0.1, -0.05) is 42.5 Å². The van der Waals surface area contributed by atoms with E-state index in [0.717, 1.165) is 30.9 Å². The first-order chi connectivity index (χ1) is 22.7. The van der Waals surface area contributed by atoms with E-state index in [1.165, 1.54) is 17.1 Å². The number of piperidine rings is 1. The van der Waals surface area contributed by atoms with E-state index in [9.17, 15) is 14.4 Å². The molecule has 0 spiro atoms. The summed E-state index contributed by atoms with van der Waals surface area (Å²) in [5, 5.41) is 10.8. The molecule has 10 heteroatoms. The van der Waals surface area contributed by atoms with Crippen LogP contribution in [0.5, 0.6) is 0 Å². The standard InChI is InChI=1S/C37H37N7O3/c1-37(2)33(32(46)28-13-7-8-14-30(28)42-37)44-34-24(20-29(35(44)47)31(45)23-10-5-4-6-11-23)21-38-36(41-34)40-26-17-15-25(16-18-26)39-27-12-9-19-43(3)22-27/h4-8,10-11,13-18,20-21,27,33,39,42H,9,12,19,22H2,1-3H3,(H,38,40,41). The number of ketones is 2. The topological polar surface area (TPSA) is 121 Å². The summed E-state index contributed by atoms with van der Waals surface area (Å²) in [4.78, 5) is 54.0. The summed E-state index contributed by atoms with van der Waals surface area (Å²) in [5.41, 5.74) is 2.05. The monoisotopic (exact) mass is 627 g/mol. The number of likely N-dealkylation sites (N-methyl/N-ethyl adjacent to an activating group) is 1. The number of rotatable bonds is 7. The molecule has 0 bridgehead atoms. The first kappa shape index (κ1) is 30.3. The van der Waals surface area contributed by atoms with Gasteiger partial charge in [-0.2, -0.15) is 4.98 Å². The van der Waals surface area contributed by atoms with E-state index in [-0.39, 0.29) is 22.9 Å². The quantitative estimate of drug-likeness (QED) is 0.189. The third kappa shape index (κ3) is 5.88. The number of nitrogens with one attached hydrogen (secondary N) is 3. The number of aromatic nitrogens is 3. The molecule has 3 N–H and O–H groups in total. The molecular weight excluding hydrogens is 590 g/mol. The van der Waals surface area contributed by atoms with Gasteiger partial charge in [0.2, 0.25) is 5.95 Å². The average Bonchev–Trinajstić information content (AvgIpc) is 3.06. The minimum Gasteiger partial charge on any atom is -0.381 e. The predicted molar refractivity (Wildman–Crippen MR) is 185 cm³/mol. The summed E-state index contributed by atoms with van der Waals surface area (Å²) in [7, 11) is 2.15. The number of carbonyl (C=O) groups is 2. The van der Waals surface area contributed by atoms with Crippen LogP contribution in [0.25, 0.3) is 11.0 Å². The van der Waals surface area contributed by atoms with Crippen LogP contribution >= 0.6 is 0 Å². The zero-order chi connectivity index (χ0) is 32.7. The van der Waals surface area contributed by atoms with E-state index in [2.05, 4.69) is 32.9 Å². The highest BCUT2D eigenvalue weighted by Gasteiger charge is 2.44. The number of benzene rings is 3. The van der Waals surface area contributed by atoms with Gasteiger partial charge < -0.3 is 20.9 Å². The van der Waals surface area contributed by atoms with Crippen molar-refractivity contribution in [2.24, 2.45) is 0 Å². The molecule has 0 aliphatic carbocycles. The predicted octanol–water partition coefficient (Wildman–Crippen LogP) is 5.90. The zero-order valence-corrected chi connectivity index (χ0v) is 26.7. The fourth-order valence-electron chi connectivity index (χ4n) is 6.76. The first-order valence-electron chi connectivity index (χ1n) is 15.9. The Morgan fingerprint density at radius 1 is 0.957 bits per heavy atom. The van der Waals surface area contributed by atoms with Crippen LogP contribution in [0.3, 0.4) is 0 Å². The molecule has 2 atom stereocenters. The summed E-state index contributed by atoms with van der Waals surface area (Å²) in [6.07, 6.45) is 3.89. The molecule has 0 radical (unpaired) electrons. The number of hydrogen-bond acceptors (Lipinski definition) is 9. The number of pyridine rings is 1. The number of hydrogen-bond donors (Lipinski definition) is 3. The van der Waals surface area contributed by atoms with Crippen molar-refractivity contribution in [2.45, 2.75) is 44.3 Å². The molecule has 7 rings (SSSR count). The SMILES string of the molecule is CN1CCCC(Nc2ccc(Nc3ncc4cc(C(=O)c5ccccc5)c(=O)n(C5C(=O)c6ccccc6NC5(C)C)c4n3)cc2)C1. The van der Waals surface area contributed by atoms with Gasteiger partial charge in [-0.25, -0.2) is 4.98 Å². The number of carbonyl (C=O) groups excluding carboxylic acids is 2. The lowest BCUT2D eigenvalue weighted by molar-refractivity contribution is 0.0874. The molecule has 0 amide bonds. The van der Waals surface area contributed by atoms with Crippen LogP contribution < -0.4 is 21.5 Å². The minimum atomic E-state index is -0.997. The van der Waals surface area contributed by atoms with Crippen molar-refractivity contribution < 1.29 is 9.59 Å². The highest BCUT2D eigenvalue weighted by atomic mass is 16.2. The molecule has 1 saturated heterocycles. The Bertz CT molecular complexity index is 2040. The molecule has 2 aliphatic heterocycles. The van der Waals surface area contributed by atoms with Crippen LogP contribution in [0.15, 0.2) is 95.9 Å². The summed E-state index contributed by atoms with van der Waals surface area (Å²) in [6.45, 7) is 5.88. The molecule has 2 aliphatic rings. The number of Topliss-reactive ketones (excluding diaryl/α,β-unsaturated/α-hetero) is 1. The maximum Gasteiger partial charge on any atom is 0.264 e. The van der Waals surface area contributed by atoms with Crippen molar-refractivity contribution in [3.63, 3.8) is 0 Å². The van der Waals surface area contributed by atoms with Crippen LogP contribution in [0, 0.1) is 0 Å². The van der Waals surface area contributed by atoms with E-state index in [1.54, 1.807) is 42.6 Å². The lowest BCUT2D eigenvalue weighted by Crippen LogP contribution is -2.52. The zero-order valence-electron chi connectivity index (χ0n) is 26.7. The van der Waals surface area contributed by atoms with Gasteiger partial charge in [0.25, 0.3) is 5.56 Å². The molecule has 2 aromatic heterocycles. The van der Waals surface area contributed by atoms with Crippen molar-refractivity contribution in [2.75, 3.05) is 36.1 Å². The van der Waals surface area contributed by atoms with Gasteiger partial charge in [0.05, 0.1) is 11.1 Å². The van der Waals surface area contributed by atoms with Gasteiger partial charge in [-0.05, 0) is 82.7 Å². The number of para-hydroxylation sites is 1. The maximum absolute atomic E-state index is 14.4. The Kier molecular flexibility index (Phi) is 7.81. The molecule has 5 aromatic rings. The summed E-state index contributed by atoms with van der Waals surface area (Å²) < 4.78 is 1.37. The van der Waals surface area contributed by atoms with E-state index < -0.39 is 22.9 Å². The van der Waals surface area contributed by atoms with Crippen LogP contribution in [-0.2, 0) is 0 Å². The Morgan fingerprint density at radius 3 is 2.45 bits per heavy atom. The van der Waals surface area contributed by atoms with Crippen molar-refractivity contribution in [3.8, 4) is 0 Å². The molecular formula is C37H37N7O3. The van der Waals surface area contributed by atoms with Gasteiger partial charge in [-0.3, -0.25) is 19.0 Å². The molecule has 4 heterocycles. The van der Waals surface area contributed by atoms with Crippen LogP contribution in [-0.4, -0.2) is 62.7 Å². The number of fused-ring (bicyclic) bond motifs is 2. The Balaban J connectivity index is 1.29. The Labute approximate surface area is 272 Å². The van der Waals surface area contributed by atoms with E-state index in [1.807, 2.05) is 56.3 Å². The average molecular weight is 628 g/mol. The lowest BCUT2D eigenvalue weighted by atomic mass is 9.82. The van der Waals surface area contributed by atoms with E-state index in [0.29, 0.717) is 28.2 Å². The Morgan fingerprint density at radius 2 is 1.68 bits per heavy atom. The van der Waals surface area contributed by atoms with E-state index >= 15 is 0 Å².